The summed E-state index contributed by atoms with van der Waals surface area (Å²) in [5.74, 6) is 1.25. The van der Waals surface area contributed by atoms with Crippen LogP contribution in [0.1, 0.15) is 33.1 Å². The highest BCUT2D eigenvalue weighted by Crippen LogP contribution is 2.25. The second-order valence-electron chi connectivity index (χ2n) is 4.76. The van der Waals surface area contributed by atoms with Crippen LogP contribution in [0.3, 0.4) is 0 Å². The molecule has 19 heavy (non-hydrogen) atoms. The van der Waals surface area contributed by atoms with E-state index in [1.54, 1.807) is 0 Å². The highest BCUT2D eigenvalue weighted by atomic mass is 32.2. The quantitative estimate of drug-likeness (QED) is 0.443. The molecule has 0 aromatic rings. The molecule has 0 atom stereocenters. The lowest BCUT2D eigenvalue weighted by Crippen LogP contribution is -2.38. The van der Waals surface area contributed by atoms with Crippen LogP contribution in [0.2, 0.25) is 0 Å². The van der Waals surface area contributed by atoms with E-state index in [0.717, 1.165) is 25.9 Å². The predicted octanol–water partition coefficient (Wildman–Crippen LogP) is 0.281. The summed E-state index contributed by atoms with van der Waals surface area (Å²) in [7, 11) is -3.19. The molecular formula is C12H26N4O2S. The Bertz CT molecular complexity index is 369. The standard InChI is InChI=1S/C12H26N4O2S/c1-3-13-12(14-4-2)15-8-9-19(17,18)16-10-11-6-5-7-11/h11,16H,3-10H2,1-2H3,(H2,13,14,15). The molecule has 1 aliphatic rings. The van der Waals surface area contributed by atoms with Gasteiger partial charge in [0.25, 0.3) is 0 Å². The summed E-state index contributed by atoms with van der Waals surface area (Å²) in [4.78, 5) is 4.22. The van der Waals surface area contributed by atoms with Gasteiger partial charge in [0, 0.05) is 19.6 Å². The topological polar surface area (TPSA) is 82.6 Å². The van der Waals surface area contributed by atoms with Crippen LogP contribution in [-0.4, -0.2) is 46.3 Å². The Hall–Kier alpha value is -0.820. The second kappa shape index (κ2) is 8.37. The van der Waals surface area contributed by atoms with Crippen molar-refractivity contribution in [2.45, 2.75) is 33.1 Å². The largest absolute Gasteiger partial charge is 0.357 e. The molecule has 0 aromatic heterocycles. The van der Waals surface area contributed by atoms with Gasteiger partial charge in [-0.25, -0.2) is 13.1 Å². The first-order chi connectivity index (χ1) is 9.07. The number of aliphatic imine (C=N–C) groups is 1. The molecule has 0 aliphatic heterocycles. The number of sulfonamides is 1. The molecule has 0 amide bonds. The fourth-order valence-corrected chi connectivity index (χ4v) is 2.77. The van der Waals surface area contributed by atoms with Crippen LogP contribution < -0.4 is 15.4 Å². The first-order valence-electron chi connectivity index (χ1n) is 7.07. The molecule has 6 nitrogen and oxygen atoms in total. The van der Waals surface area contributed by atoms with Crippen LogP contribution in [0.25, 0.3) is 0 Å². The normalized spacial score (nSPS) is 15.7. The van der Waals surface area contributed by atoms with Crippen molar-refractivity contribution in [3.8, 4) is 0 Å². The zero-order valence-electron chi connectivity index (χ0n) is 11.9. The van der Waals surface area contributed by atoms with Crippen LogP contribution >= 0.6 is 0 Å². The number of rotatable bonds is 8. The Morgan fingerprint density at radius 1 is 1.21 bits per heavy atom. The van der Waals surface area contributed by atoms with E-state index in [4.69, 9.17) is 0 Å². The van der Waals surface area contributed by atoms with Gasteiger partial charge in [-0.15, -0.1) is 0 Å². The monoisotopic (exact) mass is 290 g/mol. The van der Waals surface area contributed by atoms with Crippen molar-refractivity contribution in [3.63, 3.8) is 0 Å². The summed E-state index contributed by atoms with van der Waals surface area (Å²) in [6, 6.07) is 0. The SMILES string of the molecule is CCNC(=NCCS(=O)(=O)NCC1CCC1)NCC. The van der Waals surface area contributed by atoms with Crippen LogP contribution in [0.4, 0.5) is 0 Å². The highest BCUT2D eigenvalue weighted by molar-refractivity contribution is 7.89. The van der Waals surface area contributed by atoms with Crippen molar-refractivity contribution in [2.24, 2.45) is 10.9 Å². The molecule has 0 spiro atoms. The Morgan fingerprint density at radius 2 is 1.84 bits per heavy atom. The summed E-state index contributed by atoms with van der Waals surface area (Å²) in [5, 5.41) is 6.12. The summed E-state index contributed by atoms with van der Waals surface area (Å²) in [6.07, 6.45) is 3.52. The van der Waals surface area contributed by atoms with Crippen LogP contribution in [-0.2, 0) is 10.0 Å². The summed E-state index contributed by atoms with van der Waals surface area (Å²) < 4.78 is 26.2. The van der Waals surface area contributed by atoms with Gasteiger partial charge in [-0.05, 0) is 32.6 Å². The molecular weight excluding hydrogens is 264 g/mol. The zero-order valence-corrected chi connectivity index (χ0v) is 12.7. The number of guanidine groups is 1. The molecule has 1 aliphatic carbocycles. The highest BCUT2D eigenvalue weighted by Gasteiger charge is 2.19. The smallest absolute Gasteiger partial charge is 0.213 e. The van der Waals surface area contributed by atoms with E-state index >= 15 is 0 Å². The first-order valence-corrected chi connectivity index (χ1v) is 8.72. The third kappa shape index (κ3) is 6.77. The van der Waals surface area contributed by atoms with E-state index in [2.05, 4.69) is 20.3 Å². The molecule has 0 unspecified atom stereocenters. The number of nitrogens with one attached hydrogen (secondary N) is 3. The molecule has 0 aromatic carbocycles. The van der Waals surface area contributed by atoms with Crippen LogP contribution in [0.15, 0.2) is 4.99 Å². The minimum absolute atomic E-state index is 0.0417. The minimum atomic E-state index is -3.19. The third-order valence-electron chi connectivity index (χ3n) is 3.14. The fraction of sp³-hybridized carbons (Fsp3) is 0.917. The molecule has 1 fully saturated rings. The van der Waals surface area contributed by atoms with Crippen molar-refractivity contribution >= 4 is 16.0 Å². The van der Waals surface area contributed by atoms with Gasteiger partial charge >= 0.3 is 0 Å². The van der Waals surface area contributed by atoms with E-state index in [9.17, 15) is 8.42 Å². The van der Waals surface area contributed by atoms with Gasteiger partial charge in [0.05, 0.1) is 12.3 Å². The molecule has 112 valence electrons. The predicted molar refractivity (Wildman–Crippen MR) is 78.8 cm³/mol. The van der Waals surface area contributed by atoms with Crippen molar-refractivity contribution in [1.29, 1.82) is 0 Å². The van der Waals surface area contributed by atoms with Crippen molar-refractivity contribution < 1.29 is 8.42 Å². The number of nitrogens with zero attached hydrogens (tertiary/aromatic N) is 1. The minimum Gasteiger partial charge on any atom is -0.357 e. The van der Waals surface area contributed by atoms with Crippen molar-refractivity contribution in [2.75, 3.05) is 31.9 Å². The van der Waals surface area contributed by atoms with E-state index in [1.165, 1.54) is 6.42 Å². The number of hydrogen-bond acceptors (Lipinski definition) is 3. The van der Waals surface area contributed by atoms with Crippen LogP contribution in [0, 0.1) is 5.92 Å². The molecule has 3 N–H and O–H groups in total. The van der Waals surface area contributed by atoms with Crippen molar-refractivity contribution in [3.05, 3.63) is 0 Å². The van der Waals surface area contributed by atoms with E-state index in [1.807, 2.05) is 13.8 Å². The van der Waals surface area contributed by atoms with Gasteiger partial charge in [-0.2, -0.15) is 0 Å². The maximum Gasteiger partial charge on any atom is 0.213 e. The van der Waals surface area contributed by atoms with E-state index in [0.29, 0.717) is 18.4 Å². The molecule has 1 saturated carbocycles. The average Bonchev–Trinajstić information content (AvgIpc) is 2.27. The summed E-state index contributed by atoms with van der Waals surface area (Å²) >= 11 is 0. The van der Waals surface area contributed by atoms with Crippen molar-refractivity contribution in [1.82, 2.24) is 15.4 Å². The van der Waals surface area contributed by atoms with Gasteiger partial charge in [-0.1, -0.05) is 6.42 Å². The first kappa shape index (κ1) is 16.2. The van der Waals surface area contributed by atoms with Gasteiger partial charge in [-0.3, -0.25) is 4.99 Å². The fourth-order valence-electron chi connectivity index (χ4n) is 1.80. The lowest BCUT2D eigenvalue weighted by atomic mass is 9.86. The molecule has 1 rings (SSSR count). The van der Waals surface area contributed by atoms with Gasteiger partial charge < -0.3 is 10.6 Å². The Balaban J connectivity index is 2.29. The Kier molecular flexibility index (Phi) is 7.15. The van der Waals surface area contributed by atoms with Gasteiger partial charge in [0.1, 0.15) is 0 Å². The molecule has 0 heterocycles. The van der Waals surface area contributed by atoms with Crippen LogP contribution in [0.5, 0.6) is 0 Å². The van der Waals surface area contributed by atoms with Gasteiger partial charge in [0.2, 0.25) is 10.0 Å². The lowest BCUT2D eigenvalue weighted by Gasteiger charge is -2.25. The Labute approximate surface area is 116 Å². The molecule has 0 saturated heterocycles. The van der Waals surface area contributed by atoms with E-state index < -0.39 is 10.0 Å². The summed E-state index contributed by atoms with van der Waals surface area (Å²) in [5.41, 5.74) is 0. The molecule has 0 radical (unpaired) electrons. The Morgan fingerprint density at radius 3 is 2.32 bits per heavy atom. The van der Waals surface area contributed by atoms with Gasteiger partial charge in [0.15, 0.2) is 5.96 Å². The maximum atomic E-state index is 11.8. The molecule has 0 bridgehead atoms. The second-order valence-corrected chi connectivity index (χ2v) is 6.68. The lowest BCUT2D eigenvalue weighted by molar-refractivity contribution is 0.316. The van der Waals surface area contributed by atoms with E-state index in [-0.39, 0.29) is 12.3 Å². The zero-order chi connectivity index (χ0) is 14.1. The molecule has 7 heteroatoms. The average molecular weight is 290 g/mol. The number of hydrogen-bond donors (Lipinski definition) is 3. The maximum absolute atomic E-state index is 11.8. The third-order valence-corrected chi connectivity index (χ3v) is 4.46. The summed E-state index contributed by atoms with van der Waals surface area (Å²) in [6.45, 7) is 6.33.